The molecule has 0 bridgehead atoms. The highest BCUT2D eigenvalue weighted by Crippen LogP contribution is 2.36. The van der Waals surface area contributed by atoms with Crippen molar-refractivity contribution in [2.24, 2.45) is 0 Å². The quantitative estimate of drug-likeness (QED) is 0.798. The van der Waals surface area contributed by atoms with Gasteiger partial charge in [0, 0.05) is 17.0 Å². The molecule has 1 aliphatic heterocycles. The summed E-state index contributed by atoms with van der Waals surface area (Å²) in [6.45, 7) is 3.83. The first-order chi connectivity index (χ1) is 7.08. The van der Waals surface area contributed by atoms with Gasteiger partial charge in [0.1, 0.15) is 5.75 Å². The summed E-state index contributed by atoms with van der Waals surface area (Å²) in [5.74, 6) is -0.445. The number of benzene rings is 1. The van der Waals surface area contributed by atoms with Gasteiger partial charge in [-0.1, -0.05) is 18.2 Å². The molecule has 15 heavy (non-hydrogen) atoms. The van der Waals surface area contributed by atoms with Crippen LogP contribution in [0.25, 0.3) is 5.57 Å². The topological polar surface area (TPSA) is 46.5 Å². The molecular formula is C11H9ClO3. The van der Waals surface area contributed by atoms with Gasteiger partial charge in [-0.25, -0.2) is 4.79 Å². The van der Waals surface area contributed by atoms with Gasteiger partial charge in [0.05, 0.1) is 0 Å². The van der Waals surface area contributed by atoms with Crippen molar-refractivity contribution in [3.05, 3.63) is 35.4 Å². The van der Waals surface area contributed by atoms with Crippen LogP contribution in [-0.2, 0) is 4.79 Å². The maximum Gasteiger partial charge on any atom is 0.345 e. The lowest BCUT2D eigenvalue weighted by atomic mass is 9.97. The minimum atomic E-state index is -0.975. The van der Waals surface area contributed by atoms with Gasteiger partial charge < -0.3 is 9.84 Å². The Morgan fingerprint density at radius 1 is 1.60 bits per heavy atom. The first-order valence-corrected chi connectivity index (χ1v) is 4.83. The molecule has 1 aliphatic rings. The molecule has 1 atom stereocenters. The number of hydrogen-bond acceptors (Lipinski definition) is 2. The summed E-state index contributed by atoms with van der Waals surface area (Å²) < 4.78 is 5.30. The van der Waals surface area contributed by atoms with Crippen molar-refractivity contribution < 1.29 is 14.6 Å². The van der Waals surface area contributed by atoms with Crippen LogP contribution in [0.2, 0.25) is 5.02 Å². The Morgan fingerprint density at radius 2 is 2.33 bits per heavy atom. The Labute approximate surface area is 91.9 Å². The predicted octanol–water partition coefficient (Wildman–Crippen LogP) is 2.59. The number of hydrogen-bond donors (Lipinski definition) is 1. The standard InChI is InChI=1S/C11H9ClO3/c1-6-4-10(11(13)14)15-9-3-2-7(12)5-8(6)9/h2-3,5,10H,1,4H2,(H,13,14)/t10-/m1/s1. The van der Waals surface area contributed by atoms with E-state index in [9.17, 15) is 4.79 Å². The molecular weight excluding hydrogens is 216 g/mol. The van der Waals surface area contributed by atoms with E-state index in [1.807, 2.05) is 0 Å². The van der Waals surface area contributed by atoms with Crippen molar-refractivity contribution in [2.75, 3.05) is 0 Å². The van der Waals surface area contributed by atoms with Crippen molar-refractivity contribution in [2.45, 2.75) is 12.5 Å². The van der Waals surface area contributed by atoms with Crippen molar-refractivity contribution >= 4 is 23.1 Å². The number of carboxylic acids is 1. The van der Waals surface area contributed by atoms with E-state index in [2.05, 4.69) is 6.58 Å². The number of aliphatic carboxylic acids is 1. The predicted molar refractivity (Wildman–Crippen MR) is 57.2 cm³/mol. The first kappa shape index (κ1) is 10.1. The Hall–Kier alpha value is -1.48. The van der Waals surface area contributed by atoms with Crippen LogP contribution in [0.5, 0.6) is 5.75 Å². The van der Waals surface area contributed by atoms with Gasteiger partial charge in [-0.2, -0.15) is 0 Å². The normalized spacial score (nSPS) is 19.3. The smallest absolute Gasteiger partial charge is 0.345 e. The summed E-state index contributed by atoms with van der Waals surface area (Å²) in [7, 11) is 0. The van der Waals surface area contributed by atoms with Crippen molar-refractivity contribution in [3.8, 4) is 5.75 Å². The molecule has 78 valence electrons. The summed E-state index contributed by atoms with van der Waals surface area (Å²) in [5, 5.41) is 9.43. The first-order valence-electron chi connectivity index (χ1n) is 4.45. The Morgan fingerprint density at radius 3 is 3.00 bits per heavy atom. The lowest BCUT2D eigenvalue weighted by molar-refractivity contribution is -0.145. The van der Waals surface area contributed by atoms with Crippen LogP contribution < -0.4 is 4.74 Å². The third kappa shape index (κ3) is 1.83. The summed E-state index contributed by atoms with van der Waals surface area (Å²) in [6, 6.07) is 5.06. The molecule has 1 N–H and O–H groups in total. The van der Waals surface area contributed by atoms with Gasteiger partial charge in [0.15, 0.2) is 6.10 Å². The van der Waals surface area contributed by atoms with Crippen LogP contribution in [0.1, 0.15) is 12.0 Å². The fourth-order valence-electron chi connectivity index (χ4n) is 1.55. The third-order valence-electron chi connectivity index (χ3n) is 2.30. The van der Waals surface area contributed by atoms with Crippen LogP contribution in [0.4, 0.5) is 0 Å². The average molecular weight is 225 g/mol. The SMILES string of the molecule is C=C1C[C@H](C(=O)O)Oc2ccc(Cl)cc21. The molecule has 0 amide bonds. The zero-order valence-corrected chi connectivity index (χ0v) is 8.62. The van der Waals surface area contributed by atoms with Crippen LogP contribution >= 0.6 is 11.6 Å². The lowest BCUT2D eigenvalue weighted by Crippen LogP contribution is -2.30. The molecule has 2 rings (SSSR count). The van der Waals surface area contributed by atoms with Gasteiger partial charge in [0.2, 0.25) is 0 Å². The van der Waals surface area contributed by atoms with Crippen molar-refractivity contribution in [1.29, 1.82) is 0 Å². The number of fused-ring (bicyclic) bond motifs is 1. The number of carbonyl (C=O) groups is 1. The van der Waals surface area contributed by atoms with Crippen molar-refractivity contribution in [3.63, 3.8) is 0 Å². The van der Waals surface area contributed by atoms with Crippen molar-refractivity contribution in [1.82, 2.24) is 0 Å². The fourth-order valence-corrected chi connectivity index (χ4v) is 1.72. The largest absolute Gasteiger partial charge is 0.478 e. The number of rotatable bonds is 1. The van der Waals surface area contributed by atoms with Gasteiger partial charge >= 0.3 is 5.97 Å². The van der Waals surface area contributed by atoms with E-state index in [1.54, 1.807) is 18.2 Å². The molecule has 3 nitrogen and oxygen atoms in total. The summed E-state index contributed by atoms with van der Waals surface area (Å²) >= 11 is 5.83. The maximum atomic E-state index is 10.8. The number of carboxylic acid groups (broad SMARTS) is 1. The summed E-state index contributed by atoms with van der Waals surface area (Å²) in [6.07, 6.45) is -0.547. The lowest BCUT2D eigenvalue weighted by Gasteiger charge is -2.24. The molecule has 1 aromatic rings. The summed E-state index contributed by atoms with van der Waals surface area (Å²) in [5.41, 5.74) is 1.53. The molecule has 1 heterocycles. The zero-order chi connectivity index (χ0) is 11.0. The number of ether oxygens (including phenoxy) is 1. The average Bonchev–Trinajstić information content (AvgIpc) is 2.18. The van der Waals surface area contributed by atoms with Crippen LogP contribution in [-0.4, -0.2) is 17.2 Å². The molecule has 4 heteroatoms. The maximum absolute atomic E-state index is 10.8. The Balaban J connectivity index is 2.41. The highest BCUT2D eigenvalue weighted by atomic mass is 35.5. The van der Waals surface area contributed by atoms with E-state index >= 15 is 0 Å². The highest BCUT2D eigenvalue weighted by molar-refractivity contribution is 6.30. The van der Waals surface area contributed by atoms with Gasteiger partial charge in [-0.15, -0.1) is 0 Å². The second kappa shape index (κ2) is 3.59. The van der Waals surface area contributed by atoms with E-state index < -0.39 is 12.1 Å². The zero-order valence-electron chi connectivity index (χ0n) is 7.87. The minimum absolute atomic E-state index is 0.294. The minimum Gasteiger partial charge on any atom is -0.478 e. The molecule has 0 spiro atoms. The van der Waals surface area contributed by atoms with Gasteiger partial charge in [0.25, 0.3) is 0 Å². The molecule has 0 radical (unpaired) electrons. The van der Waals surface area contributed by atoms with Crippen LogP contribution in [0, 0.1) is 0 Å². The van der Waals surface area contributed by atoms with Gasteiger partial charge in [-0.05, 0) is 23.8 Å². The molecule has 0 unspecified atom stereocenters. The highest BCUT2D eigenvalue weighted by Gasteiger charge is 2.27. The second-order valence-electron chi connectivity index (χ2n) is 3.39. The molecule has 0 aromatic heterocycles. The fraction of sp³-hybridized carbons (Fsp3) is 0.182. The third-order valence-corrected chi connectivity index (χ3v) is 2.53. The van der Waals surface area contributed by atoms with E-state index in [0.29, 0.717) is 17.2 Å². The van der Waals surface area contributed by atoms with E-state index in [4.69, 9.17) is 21.4 Å². The van der Waals surface area contributed by atoms with Gasteiger partial charge in [-0.3, -0.25) is 0 Å². The monoisotopic (exact) mass is 224 g/mol. The molecule has 0 saturated heterocycles. The van der Waals surface area contributed by atoms with E-state index in [-0.39, 0.29) is 0 Å². The molecule has 1 aromatic carbocycles. The van der Waals surface area contributed by atoms with E-state index in [0.717, 1.165) is 11.1 Å². The molecule has 0 saturated carbocycles. The van der Waals surface area contributed by atoms with E-state index in [1.165, 1.54) is 0 Å². The van der Waals surface area contributed by atoms with Crippen LogP contribution in [0.3, 0.4) is 0 Å². The summed E-state index contributed by atoms with van der Waals surface area (Å²) in [4.78, 5) is 10.8. The molecule has 0 aliphatic carbocycles. The Kier molecular flexibility index (Phi) is 2.40. The second-order valence-corrected chi connectivity index (χ2v) is 3.83. The number of halogens is 1. The Bertz CT molecular complexity index is 439. The van der Waals surface area contributed by atoms with Crippen LogP contribution in [0.15, 0.2) is 24.8 Å². The molecule has 0 fully saturated rings.